The molecule has 1 aliphatic heterocycles. The molecule has 1 aromatic heterocycles. The van der Waals surface area contributed by atoms with Crippen LogP contribution in [0, 0.1) is 18.6 Å². The van der Waals surface area contributed by atoms with Gasteiger partial charge in [0, 0.05) is 30.8 Å². The highest BCUT2D eigenvalue weighted by Crippen LogP contribution is 2.30. The number of aryl methyl sites for hydroxylation is 1. The molecule has 3 amide bonds. The normalized spacial score (nSPS) is 16.0. The van der Waals surface area contributed by atoms with Gasteiger partial charge in [-0.05, 0) is 43.5 Å². The first-order valence-electron chi connectivity index (χ1n) is 10.1. The van der Waals surface area contributed by atoms with Crippen molar-refractivity contribution in [2.24, 2.45) is 0 Å². The van der Waals surface area contributed by atoms with Gasteiger partial charge >= 0.3 is 6.03 Å². The quantitative estimate of drug-likeness (QED) is 0.590. The van der Waals surface area contributed by atoms with Crippen LogP contribution in [0.15, 0.2) is 42.5 Å². The minimum atomic E-state index is -0.707. The number of aromatic nitrogens is 2. The minimum absolute atomic E-state index is 0.0932. The first kappa shape index (κ1) is 21.8. The van der Waals surface area contributed by atoms with Crippen LogP contribution in [0.25, 0.3) is 0 Å². The second kappa shape index (κ2) is 9.39. The Hall–Kier alpha value is -3.40. The number of nitrogens with one attached hydrogen (secondary N) is 2. The first-order valence-corrected chi connectivity index (χ1v) is 10.9. The number of carbonyl (C=O) groups excluding carboxylic acids is 2. The topological polar surface area (TPSA) is 87.2 Å². The van der Waals surface area contributed by atoms with E-state index in [2.05, 4.69) is 20.8 Å². The summed E-state index contributed by atoms with van der Waals surface area (Å²) in [4.78, 5) is 26.7. The molecule has 2 heterocycles. The summed E-state index contributed by atoms with van der Waals surface area (Å²) in [6, 6.07) is 9.83. The summed E-state index contributed by atoms with van der Waals surface area (Å²) in [6.07, 6.45) is 1.50. The Morgan fingerprint density at radius 2 is 1.91 bits per heavy atom. The largest absolute Gasteiger partial charge is 0.324 e. The molecule has 1 aliphatic rings. The molecule has 3 aromatic rings. The van der Waals surface area contributed by atoms with E-state index in [0.29, 0.717) is 30.2 Å². The van der Waals surface area contributed by atoms with Gasteiger partial charge in [-0.25, -0.2) is 13.6 Å². The lowest BCUT2D eigenvalue weighted by molar-refractivity contribution is 0.102. The number of hydrogen-bond donors (Lipinski definition) is 2. The molecule has 0 bridgehead atoms. The number of rotatable bonds is 4. The van der Waals surface area contributed by atoms with Crippen LogP contribution >= 0.6 is 11.3 Å². The molecule has 0 radical (unpaired) electrons. The lowest BCUT2D eigenvalue weighted by atomic mass is 9.99. The number of anilines is 2. The van der Waals surface area contributed by atoms with Crippen molar-refractivity contribution in [3.8, 4) is 0 Å². The van der Waals surface area contributed by atoms with Crippen molar-refractivity contribution in [3.63, 3.8) is 0 Å². The van der Waals surface area contributed by atoms with Crippen LogP contribution in [0.5, 0.6) is 0 Å². The Kier molecular flexibility index (Phi) is 6.40. The van der Waals surface area contributed by atoms with Gasteiger partial charge in [0.15, 0.2) is 0 Å². The molecule has 2 N–H and O–H groups in total. The predicted octanol–water partition coefficient (Wildman–Crippen LogP) is 4.79. The monoisotopic (exact) mass is 457 g/mol. The van der Waals surface area contributed by atoms with Crippen LogP contribution in [-0.2, 0) is 0 Å². The Morgan fingerprint density at radius 1 is 1.09 bits per heavy atom. The van der Waals surface area contributed by atoms with Crippen molar-refractivity contribution in [3.05, 3.63) is 69.7 Å². The fraction of sp³-hybridized carbons (Fsp3) is 0.273. The van der Waals surface area contributed by atoms with Gasteiger partial charge in [0.2, 0.25) is 5.01 Å². The van der Waals surface area contributed by atoms with E-state index in [1.807, 2.05) is 31.2 Å². The zero-order valence-corrected chi connectivity index (χ0v) is 18.1. The van der Waals surface area contributed by atoms with E-state index in [-0.39, 0.29) is 22.5 Å². The van der Waals surface area contributed by atoms with E-state index in [9.17, 15) is 18.4 Å². The fourth-order valence-electron chi connectivity index (χ4n) is 3.53. The number of urea groups is 1. The molecule has 0 aliphatic carbocycles. The van der Waals surface area contributed by atoms with Gasteiger partial charge in [-0.2, -0.15) is 0 Å². The maximum atomic E-state index is 13.8. The highest BCUT2D eigenvalue weighted by atomic mass is 32.1. The number of hydrogen-bond acceptors (Lipinski definition) is 5. The van der Waals surface area contributed by atoms with Crippen LogP contribution in [0.4, 0.5) is 25.0 Å². The molecule has 1 fully saturated rings. The van der Waals surface area contributed by atoms with E-state index in [1.165, 1.54) is 16.2 Å². The second-order valence-electron chi connectivity index (χ2n) is 7.55. The van der Waals surface area contributed by atoms with Gasteiger partial charge in [-0.1, -0.05) is 29.5 Å². The second-order valence-corrected chi connectivity index (χ2v) is 8.56. The number of para-hydroxylation sites is 1. The summed E-state index contributed by atoms with van der Waals surface area (Å²) < 4.78 is 27.2. The van der Waals surface area contributed by atoms with Crippen molar-refractivity contribution < 1.29 is 18.4 Å². The number of piperidine rings is 1. The Balaban J connectivity index is 1.41. The van der Waals surface area contributed by atoms with Gasteiger partial charge in [-0.15, -0.1) is 10.2 Å². The number of likely N-dealkylation sites (tertiary alicyclic amines) is 1. The Morgan fingerprint density at radius 3 is 2.72 bits per heavy atom. The number of halogens is 2. The highest BCUT2D eigenvalue weighted by molar-refractivity contribution is 7.13. The van der Waals surface area contributed by atoms with Crippen molar-refractivity contribution in [2.45, 2.75) is 25.7 Å². The zero-order valence-electron chi connectivity index (χ0n) is 17.3. The van der Waals surface area contributed by atoms with Gasteiger partial charge in [-0.3, -0.25) is 4.79 Å². The van der Waals surface area contributed by atoms with Crippen LogP contribution in [0.2, 0.25) is 0 Å². The number of carbonyl (C=O) groups is 2. The average Bonchev–Trinajstić information content (AvgIpc) is 3.28. The third-order valence-corrected chi connectivity index (χ3v) is 6.34. The van der Waals surface area contributed by atoms with E-state index >= 15 is 0 Å². The first-order chi connectivity index (χ1) is 15.4. The lowest BCUT2D eigenvalue weighted by Crippen LogP contribution is -2.41. The molecule has 1 atom stereocenters. The Labute approximate surface area is 187 Å². The highest BCUT2D eigenvalue weighted by Gasteiger charge is 2.28. The molecule has 10 heteroatoms. The third-order valence-electron chi connectivity index (χ3n) is 5.26. The number of nitrogens with zero attached hydrogens (tertiary/aromatic N) is 3. The van der Waals surface area contributed by atoms with Gasteiger partial charge in [0.1, 0.15) is 16.6 Å². The smallest absolute Gasteiger partial charge is 0.321 e. The zero-order chi connectivity index (χ0) is 22.7. The molecular formula is C22H21F2N5O2S. The molecule has 4 rings (SSSR count). The van der Waals surface area contributed by atoms with E-state index < -0.39 is 17.7 Å². The van der Waals surface area contributed by atoms with E-state index in [0.717, 1.165) is 30.2 Å². The van der Waals surface area contributed by atoms with Crippen LogP contribution in [0.1, 0.15) is 39.1 Å². The molecule has 7 nitrogen and oxygen atoms in total. The van der Waals surface area contributed by atoms with E-state index in [4.69, 9.17) is 0 Å². The molecule has 0 unspecified atom stereocenters. The summed E-state index contributed by atoms with van der Waals surface area (Å²) in [5.41, 5.74) is 1.44. The maximum Gasteiger partial charge on any atom is 0.321 e. The maximum absolute atomic E-state index is 13.8. The summed E-state index contributed by atoms with van der Waals surface area (Å²) in [7, 11) is 0. The molecule has 166 valence electrons. The van der Waals surface area contributed by atoms with Gasteiger partial charge in [0.25, 0.3) is 5.91 Å². The molecule has 32 heavy (non-hydrogen) atoms. The molecule has 2 aromatic carbocycles. The fourth-order valence-corrected chi connectivity index (χ4v) is 4.40. The number of benzene rings is 2. The van der Waals surface area contributed by atoms with Crippen LogP contribution in [-0.4, -0.2) is 40.1 Å². The molecule has 0 saturated carbocycles. The van der Waals surface area contributed by atoms with Crippen LogP contribution in [0.3, 0.4) is 0 Å². The standard InChI is InChI=1S/C22H21F2N5O2S/c1-13-5-2-3-7-17(13)25-19(30)21-28-27-20(32-21)14-6-4-10-29(12-14)22(31)26-18-11-15(23)8-9-16(18)24/h2-3,5,7-9,11,14H,4,6,10,12H2,1H3,(H,25,30)(H,26,31)/t14-/m0/s1. The minimum Gasteiger partial charge on any atom is -0.324 e. The lowest BCUT2D eigenvalue weighted by Gasteiger charge is -2.31. The predicted molar refractivity (Wildman–Crippen MR) is 118 cm³/mol. The number of amides is 3. The SMILES string of the molecule is Cc1ccccc1NC(=O)c1nnc([C@H]2CCCN(C(=O)Nc3cc(F)ccc3F)C2)s1. The van der Waals surface area contributed by atoms with Gasteiger partial charge < -0.3 is 15.5 Å². The molecular weight excluding hydrogens is 436 g/mol. The Bertz CT molecular complexity index is 1150. The summed E-state index contributed by atoms with van der Waals surface area (Å²) in [5, 5.41) is 14.4. The van der Waals surface area contributed by atoms with Crippen molar-refractivity contribution in [1.29, 1.82) is 0 Å². The molecule has 1 saturated heterocycles. The molecule has 0 spiro atoms. The van der Waals surface area contributed by atoms with E-state index in [1.54, 1.807) is 0 Å². The average molecular weight is 458 g/mol. The van der Waals surface area contributed by atoms with Crippen molar-refractivity contribution in [1.82, 2.24) is 15.1 Å². The third kappa shape index (κ3) is 4.91. The van der Waals surface area contributed by atoms with Gasteiger partial charge in [0.05, 0.1) is 5.69 Å². The van der Waals surface area contributed by atoms with Crippen molar-refractivity contribution in [2.75, 3.05) is 23.7 Å². The van der Waals surface area contributed by atoms with Crippen LogP contribution < -0.4 is 10.6 Å². The van der Waals surface area contributed by atoms with Crippen molar-refractivity contribution >= 4 is 34.6 Å². The summed E-state index contributed by atoms with van der Waals surface area (Å²) >= 11 is 1.19. The summed E-state index contributed by atoms with van der Waals surface area (Å²) in [5.74, 6) is -1.77. The summed E-state index contributed by atoms with van der Waals surface area (Å²) in [6.45, 7) is 2.73.